The SMILES string of the molecule is CCN1CC(O)(CO)COc2cc(N)ccc21. The van der Waals surface area contributed by atoms with Crippen molar-refractivity contribution in [2.75, 3.05) is 36.9 Å². The van der Waals surface area contributed by atoms with Gasteiger partial charge in [0.2, 0.25) is 0 Å². The molecule has 0 spiro atoms. The first-order chi connectivity index (χ1) is 8.08. The van der Waals surface area contributed by atoms with Crippen LogP contribution >= 0.6 is 0 Å². The fourth-order valence-corrected chi connectivity index (χ4v) is 1.98. The van der Waals surface area contributed by atoms with Crippen LogP contribution in [0, 0.1) is 0 Å². The van der Waals surface area contributed by atoms with E-state index in [1.807, 2.05) is 17.9 Å². The first-order valence-corrected chi connectivity index (χ1v) is 5.68. The molecular weight excluding hydrogens is 220 g/mol. The summed E-state index contributed by atoms with van der Waals surface area (Å²) in [6.45, 7) is 2.80. The van der Waals surface area contributed by atoms with Crippen molar-refractivity contribution in [2.24, 2.45) is 0 Å². The van der Waals surface area contributed by atoms with Gasteiger partial charge in [0.05, 0.1) is 18.8 Å². The Morgan fingerprint density at radius 3 is 2.94 bits per heavy atom. The number of benzene rings is 1. The summed E-state index contributed by atoms with van der Waals surface area (Å²) >= 11 is 0. The number of nitrogens with two attached hydrogens (primary N) is 1. The molecule has 1 aliphatic rings. The van der Waals surface area contributed by atoms with Gasteiger partial charge in [0.15, 0.2) is 0 Å². The van der Waals surface area contributed by atoms with Gasteiger partial charge in [-0.3, -0.25) is 0 Å². The molecule has 1 heterocycles. The Hall–Kier alpha value is -1.46. The number of β-amino-alcohol motifs (C(OH)–C–C–N with tert-alkyl or cyclic N) is 1. The largest absolute Gasteiger partial charge is 0.488 e. The number of anilines is 2. The van der Waals surface area contributed by atoms with Crippen LogP contribution in [0.15, 0.2) is 18.2 Å². The van der Waals surface area contributed by atoms with E-state index < -0.39 is 5.60 Å². The molecule has 0 saturated carbocycles. The number of rotatable bonds is 2. The number of aliphatic hydroxyl groups is 2. The van der Waals surface area contributed by atoms with Gasteiger partial charge in [-0.05, 0) is 19.1 Å². The van der Waals surface area contributed by atoms with Crippen LogP contribution in [0.1, 0.15) is 6.92 Å². The van der Waals surface area contributed by atoms with Gasteiger partial charge in [-0.15, -0.1) is 0 Å². The first kappa shape index (κ1) is 12.0. The van der Waals surface area contributed by atoms with Crippen molar-refractivity contribution in [1.29, 1.82) is 0 Å². The molecule has 0 amide bonds. The van der Waals surface area contributed by atoms with E-state index in [1.165, 1.54) is 0 Å². The smallest absolute Gasteiger partial charge is 0.144 e. The van der Waals surface area contributed by atoms with E-state index >= 15 is 0 Å². The molecule has 1 atom stereocenters. The van der Waals surface area contributed by atoms with Crippen LogP contribution in [0.2, 0.25) is 0 Å². The van der Waals surface area contributed by atoms with Crippen molar-refractivity contribution in [3.63, 3.8) is 0 Å². The fourth-order valence-electron chi connectivity index (χ4n) is 1.98. The number of fused-ring (bicyclic) bond motifs is 1. The van der Waals surface area contributed by atoms with Gasteiger partial charge in [-0.2, -0.15) is 0 Å². The molecular formula is C12H18N2O3. The Labute approximate surface area is 100 Å². The van der Waals surface area contributed by atoms with Gasteiger partial charge < -0.3 is 25.6 Å². The Morgan fingerprint density at radius 1 is 1.53 bits per heavy atom. The summed E-state index contributed by atoms with van der Waals surface area (Å²) in [5.41, 5.74) is 5.99. The molecule has 17 heavy (non-hydrogen) atoms. The summed E-state index contributed by atoms with van der Waals surface area (Å²) in [5.74, 6) is 0.649. The standard InChI is InChI=1S/C12H18N2O3/c1-2-14-6-12(16,7-15)8-17-11-5-9(13)3-4-10(11)14/h3-5,15-16H,2,6-8,13H2,1H3. The summed E-state index contributed by atoms with van der Waals surface area (Å²) in [7, 11) is 0. The molecule has 0 saturated heterocycles. The monoisotopic (exact) mass is 238 g/mol. The number of hydrogen-bond acceptors (Lipinski definition) is 5. The van der Waals surface area contributed by atoms with Gasteiger partial charge in [-0.25, -0.2) is 0 Å². The van der Waals surface area contributed by atoms with E-state index in [-0.39, 0.29) is 13.2 Å². The first-order valence-electron chi connectivity index (χ1n) is 5.68. The zero-order valence-electron chi connectivity index (χ0n) is 9.89. The van der Waals surface area contributed by atoms with E-state index in [9.17, 15) is 10.2 Å². The predicted molar refractivity (Wildman–Crippen MR) is 66.3 cm³/mol. The van der Waals surface area contributed by atoms with E-state index in [1.54, 1.807) is 12.1 Å². The molecule has 0 fully saturated rings. The van der Waals surface area contributed by atoms with Crippen LogP contribution in [0.5, 0.6) is 5.75 Å². The minimum absolute atomic E-state index is 0.0659. The van der Waals surface area contributed by atoms with Crippen molar-refractivity contribution >= 4 is 11.4 Å². The Kier molecular flexibility index (Phi) is 3.13. The highest BCUT2D eigenvalue weighted by Crippen LogP contribution is 2.34. The fraction of sp³-hybridized carbons (Fsp3) is 0.500. The lowest BCUT2D eigenvalue weighted by Gasteiger charge is -2.29. The molecule has 0 bridgehead atoms. The third-order valence-corrected chi connectivity index (χ3v) is 2.98. The van der Waals surface area contributed by atoms with Crippen LogP contribution in [-0.2, 0) is 0 Å². The van der Waals surface area contributed by atoms with Crippen molar-refractivity contribution in [3.05, 3.63) is 18.2 Å². The van der Waals surface area contributed by atoms with E-state index in [2.05, 4.69) is 0 Å². The number of ether oxygens (including phenoxy) is 1. The predicted octanol–water partition coefficient (Wildman–Crippen LogP) is 0.211. The normalized spacial score (nSPS) is 23.8. The summed E-state index contributed by atoms with van der Waals surface area (Å²) in [4.78, 5) is 1.97. The van der Waals surface area contributed by atoms with Crippen molar-refractivity contribution in [1.82, 2.24) is 0 Å². The quantitative estimate of drug-likeness (QED) is 0.642. The number of nitrogen functional groups attached to an aromatic ring is 1. The third kappa shape index (κ3) is 2.30. The zero-order valence-corrected chi connectivity index (χ0v) is 9.89. The molecule has 2 rings (SSSR count). The maximum atomic E-state index is 10.2. The second kappa shape index (κ2) is 4.43. The molecule has 5 nitrogen and oxygen atoms in total. The molecule has 1 unspecified atom stereocenters. The molecule has 4 N–H and O–H groups in total. The molecule has 94 valence electrons. The number of nitrogens with zero attached hydrogens (tertiary/aromatic N) is 1. The van der Waals surface area contributed by atoms with Crippen LogP contribution in [0.25, 0.3) is 0 Å². The van der Waals surface area contributed by atoms with Gasteiger partial charge in [0, 0.05) is 18.3 Å². The van der Waals surface area contributed by atoms with Crippen LogP contribution in [0.4, 0.5) is 11.4 Å². The third-order valence-electron chi connectivity index (χ3n) is 2.98. The second-order valence-electron chi connectivity index (χ2n) is 4.41. The van der Waals surface area contributed by atoms with E-state index in [4.69, 9.17) is 10.5 Å². The maximum absolute atomic E-state index is 10.2. The Bertz CT molecular complexity index is 411. The summed E-state index contributed by atoms with van der Waals surface area (Å²) < 4.78 is 5.54. The lowest BCUT2D eigenvalue weighted by Crippen LogP contribution is -2.48. The minimum Gasteiger partial charge on any atom is -0.488 e. The van der Waals surface area contributed by atoms with E-state index in [0.29, 0.717) is 18.0 Å². The van der Waals surface area contributed by atoms with Gasteiger partial charge >= 0.3 is 0 Å². The number of likely N-dealkylation sites (N-methyl/N-ethyl adjacent to an activating group) is 1. The van der Waals surface area contributed by atoms with Gasteiger partial charge in [0.25, 0.3) is 0 Å². The lowest BCUT2D eigenvalue weighted by atomic mass is 10.1. The van der Waals surface area contributed by atoms with Crippen LogP contribution in [-0.4, -0.2) is 42.1 Å². The molecule has 0 aliphatic carbocycles. The Morgan fingerprint density at radius 2 is 2.29 bits per heavy atom. The second-order valence-corrected chi connectivity index (χ2v) is 4.41. The highest BCUT2D eigenvalue weighted by molar-refractivity contribution is 5.64. The summed E-state index contributed by atoms with van der Waals surface area (Å²) in [6.07, 6.45) is 0. The number of aliphatic hydroxyl groups excluding tert-OH is 1. The van der Waals surface area contributed by atoms with Crippen molar-refractivity contribution < 1.29 is 14.9 Å². The number of hydrogen-bond donors (Lipinski definition) is 3. The molecule has 0 aromatic heterocycles. The minimum atomic E-state index is -1.23. The van der Waals surface area contributed by atoms with Gasteiger partial charge in [-0.1, -0.05) is 0 Å². The van der Waals surface area contributed by atoms with Crippen molar-refractivity contribution in [3.8, 4) is 5.75 Å². The van der Waals surface area contributed by atoms with Gasteiger partial charge in [0.1, 0.15) is 18.0 Å². The molecule has 1 aliphatic heterocycles. The van der Waals surface area contributed by atoms with Crippen molar-refractivity contribution in [2.45, 2.75) is 12.5 Å². The molecule has 1 aromatic rings. The molecule has 0 radical (unpaired) electrons. The topological polar surface area (TPSA) is 79.0 Å². The van der Waals surface area contributed by atoms with Crippen LogP contribution < -0.4 is 15.4 Å². The highest BCUT2D eigenvalue weighted by Gasteiger charge is 2.33. The molecule has 1 aromatic carbocycles. The average molecular weight is 238 g/mol. The molecule has 5 heteroatoms. The lowest BCUT2D eigenvalue weighted by molar-refractivity contribution is -0.0374. The van der Waals surface area contributed by atoms with Crippen LogP contribution in [0.3, 0.4) is 0 Å². The Balaban J connectivity index is 2.38. The summed E-state index contributed by atoms with van der Waals surface area (Å²) in [5, 5.41) is 19.4. The highest BCUT2D eigenvalue weighted by atomic mass is 16.5. The maximum Gasteiger partial charge on any atom is 0.144 e. The zero-order chi connectivity index (χ0) is 12.5. The summed E-state index contributed by atoms with van der Waals surface area (Å²) in [6, 6.07) is 5.41. The average Bonchev–Trinajstić information content (AvgIpc) is 2.47. The van der Waals surface area contributed by atoms with E-state index in [0.717, 1.165) is 12.2 Å².